The van der Waals surface area contributed by atoms with E-state index in [-0.39, 0.29) is 11.7 Å². The van der Waals surface area contributed by atoms with Gasteiger partial charge in [0.15, 0.2) is 0 Å². The number of hydrogen-bond donors (Lipinski definition) is 1. The van der Waals surface area contributed by atoms with Crippen LogP contribution in [0.15, 0.2) is 24.3 Å². The molecule has 0 unspecified atom stereocenters. The van der Waals surface area contributed by atoms with Gasteiger partial charge in [-0.1, -0.05) is 36.3 Å². The molecule has 24 heavy (non-hydrogen) atoms. The van der Waals surface area contributed by atoms with E-state index in [4.69, 9.17) is 0 Å². The molecule has 1 amide bonds. The molecule has 1 N–H and O–H groups in total. The van der Waals surface area contributed by atoms with Crippen LogP contribution < -0.4 is 5.32 Å². The van der Waals surface area contributed by atoms with Crippen molar-refractivity contribution in [3.05, 3.63) is 45.7 Å². The van der Waals surface area contributed by atoms with Gasteiger partial charge in [0.1, 0.15) is 10.8 Å². The summed E-state index contributed by atoms with van der Waals surface area (Å²) in [4.78, 5) is 14.5. The third-order valence-electron chi connectivity index (χ3n) is 4.08. The molecular formula is C17H21FN4OS. The predicted octanol–water partition coefficient (Wildman–Crippen LogP) is 2.98. The maximum absolute atomic E-state index is 12.9. The number of nitrogens with one attached hydrogen (secondary N) is 1. The van der Waals surface area contributed by atoms with Crippen molar-refractivity contribution in [1.29, 1.82) is 0 Å². The fourth-order valence-electron chi connectivity index (χ4n) is 2.76. The molecule has 1 aromatic carbocycles. The van der Waals surface area contributed by atoms with Crippen LogP contribution in [-0.4, -0.2) is 34.1 Å². The van der Waals surface area contributed by atoms with Crippen molar-refractivity contribution in [2.24, 2.45) is 0 Å². The van der Waals surface area contributed by atoms with Crippen molar-refractivity contribution in [2.45, 2.75) is 38.8 Å². The molecule has 3 rings (SSSR count). The zero-order valence-electron chi connectivity index (χ0n) is 13.5. The fraction of sp³-hybridized carbons (Fsp3) is 0.471. The second-order valence-electron chi connectivity index (χ2n) is 6.00. The van der Waals surface area contributed by atoms with Gasteiger partial charge in [-0.25, -0.2) is 4.39 Å². The minimum Gasteiger partial charge on any atom is -0.346 e. The molecule has 128 valence electrons. The third kappa shape index (κ3) is 4.82. The van der Waals surface area contributed by atoms with E-state index in [1.54, 1.807) is 12.1 Å². The first kappa shape index (κ1) is 17.0. The van der Waals surface area contributed by atoms with Crippen molar-refractivity contribution in [3.63, 3.8) is 0 Å². The summed E-state index contributed by atoms with van der Waals surface area (Å²) in [6.07, 6.45) is 5.04. The quantitative estimate of drug-likeness (QED) is 0.902. The van der Waals surface area contributed by atoms with Crippen LogP contribution in [0.4, 0.5) is 4.39 Å². The summed E-state index contributed by atoms with van der Waals surface area (Å²) in [6.45, 7) is 3.29. The minimum absolute atomic E-state index is 0.237. The topological polar surface area (TPSA) is 58.1 Å². The maximum atomic E-state index is 12.9. The first-order chi connectivity index (χ1) is 11.7. The van der Waals surface area contributed by atoms with Crippen LogP contribution >= 0.6 is 11.3 Å². The number of amides is 1. The van der Waals surface area contributed by atoms with Gasteiger partial charge in [0.2, 0.25) is 5.01 Å². The molecule has 1 aliphatic rings. The highest BCUT2D eigenvalue weighted by molar-refractivity contribution is 7.13. The van der Waals surface area contributed by atoms with Gasteiger partial charge < -0.3 is 5.32 Å². The van der Waals surface area contributed by atoms with Crippen molar-refractivity contribution >= 4 is 17.2 Å². The molecule has 1 aromatic heterocycles. The largest absolute Gasteiger partial charge is 0.346 e. The Morgan fingerprint density at radius 2 is 1.83 bits per heavy atom. The number of benzene rings is 1. The molecule has 0 bridgehead atoms. The lowest BCUT2D eigenvalue weighted by Gasteiger charge is -2.17. The monoisotopic (exact) mass is 348 g/mol. The minimum atomic E-state index is -0.285. The summed E-state index contributed by atoms with van der Waals surface area (Å²) in [5.41, 5.74) is 0.846. The van der Waals surface area contributed by atoms with Crippen molar-refractivity contribution in [1.82, 2.24) is 20.4 Å². The Hall–Kier alpha value is -1.86. The van der Waals surface area contributed by atoms with Gasteiger partial charge >= 0.3 is 0 Å². The van der Waals surface area contributed by atoms with Crippen LogP contribution in [0.2, 0.25) is 0 Å². The SMILES string of the molecule is O=C(NCc1ccc(F)cc1)c1nnc(CN2CCCCCC2)s1. The van der Waals surface area contributed by atoms with E-state index in [0.29, 0.717) is 11.6 Å². The molecule has 0 aliphatic carbocycles. The van der Waals surface area contributed by atoms with Crippen LogP contribution in [0.3, 0.4) is 0 Å². The average Bonchev–Trinajstić information content (AvgIpc) is 2.90. The van der Waals surface area contributed by atoms with Crippen molar-refractivity contribution in [3.8, 4) is 0 Å². The second kappa shape index (κ2) is 8.30. The van der Waals surface area contributed by atoms with Gasteiger partial charge in [0.05, 0.1) is 6.54 Å². The lowest BCUT2D eigenvalue weighted by atomic mass is 10.2. The van der Waals surface area contributed by atoms with Gasteiger partial charge in [0.25, 0.3) is 5.91 Å². The molecule has 7 heteroatoms. The normalized spacial score (nSPS) is 15.9. The first-order valence-electron chi connectivity index (χ1n) is 8.28. The van der Waals surface area contributed by atoms with Crippen LogP contribution in [-0.2, 0) is 13.1 Å². The smallest absolute Gasteiger partial charge is 0.282 e. The van der Waals surface area contributed by atoms with E-state index in [0.717, 1.165) is 30.2 Å². The Bertz CT molecular complexity index is 665. The molecule has 1 saturated heterocycles. The summed E-state index contributed by atoms with van der Waals surface area (Å²) in [6, 6.07) is 6.07. The zero-order chi connectivity index (χ0) is 16.8. The summed E-state index contributed by atoms with van der Waals surface area (Å²) in [5.74, 6) is -0.522. The number of aromatic nitrogens is 2. The fourth-order valence-corrected chi connectivity index (χ4v) is 3.55. The summed E-state index contributed by atoms with van der Waals surface area (Å²) < 4.78 is 12.9. The molecular weight excluding hydrogens is 327 g/mol. The Morgan fingerprint density at radius 3 is 2.54 bits per heavy atom. The lowest BCUT2D eigenvalue weighted by molar-refractivity contribution is 0.0950. The van der Waals surface area contributed by atoms with E-state index in [9.17, 15) is 9.18 Å². The molecule has 1 aliphatic heterocycles. The standard InChI is InChI=1S/C17H21FN4OS/c18-14-7-5-13(6-8-14)11-19-16(23)17-21-20-15(24-17)12-22-9-3-1-2-4-10-22/h5-8H,1-4,9-12H2,(H,19,23). The number of rotatable bonds is 5. The van der Waals surface area contributed by atoms with Gasteiger partial charge in [-0.2, -0.15) is 0 Å². The third-order valence-corrected chi connectivity index (χ3v) is 4.99. The van der Waals surface area contributed by atoms with Crippen molar-refractivity contribution < 1.29 is 9.18 Å². The molecule has 0 atom stereocenters. The molecule has 0 radical (unpaired) electrons. The van der Waals surface area contributed by atoms with Crippen molar-refractivity contribution in [2.75, 3.05) is 13.1 Å². The van der Waals surface area contributed by atoms with Gasteiger partial charge in [0, 0.05) is 6.54 Å². The highest BCUT2D eigenvalue weighted by Crippen LogP contribution is 2.16. The van der Waals surface area contributed by atoms with E-state index in [1.807, 2.05) is 0 Å². The molecule has 0 spiro atoms. The Morgan fingerprint density at radius 1 is 1.12 bits per heavy atom. The second-order valence-corrected chi connectivity index (χ2v) is 7.06. The first-order valence-corrected chi connectivity index (χ1v) is 9.10. The lowest BCUT2D eigenvalue weighted by Crippen LogP contribution is -2.23. The Kier molecular flexibility index (Phi) is 5.87. The Balaban J connectivity index is 1.52. The number of nitrogens with zero attached hydrogens (tertiary/aromatic N) is 3. The Labute approximate surface area is 144 Å². The van der Waals surface area contributed by atoms with Gasteiger partial charge in [-0.3, -0.25) is 9.69 Å². The van der Waals surface area contributed by atoms with E-state index < -0.39 is 0 Å². The van der Waals surface area contributed by atoms with Gasteiger partial charge in [-0.15, -0.1) is 10.2 Å². The number of hydrogen-bond acceptors (Lipinski definition) is 5. The molecule has 2 aromatic rings. The van der Waals surface area contributed by atoms with Crippen LogP contribution in [0, 0.1) is 5.82 Å². The number of carbonyl (C=O) groups excluding carboxylic acids is 1. The van der Waals surface area contributed by atoms with E-state index >= 15 is 0 Å². The molecule has 2 heterocycles. The summed E-state index contributed by atoms with van der Waals surface area (Å²) in [7, 11) is 0. The maximum Gasteiger partial charge on any atom is 0.282 e. The highest BCUT2D eigenvalue weighted by Gasteiger charge is 2.16. The molecule has 5 nitrogen and oxygen atoms in total. The van der Waals surface area contributed by atoms with Crippen LogP contribution in [0.5, 0.6) is 0 Å². The average molecular weight is 348 g/mol. The predicted molar refractivity (Wildman–Crippen MR) is 91.2 cm³/mol. The highest BCUT2D eigenvalue weighted by atomic mass is 32.1. The molecule has 1 fully saturated rings. The number of halogens is 1. The number of likely N-dealkylation sites (tertiary alicyclic amines) is 1. The van der Waals surface area contributed by atoms with E-state index in [1.165, 1.54) is 49.2 Å². The van der Waals surface area contributed by atoms with E-state index in [2.05, 4.69) is 20.4 Å². The summed E-state index contributed by atoms with van der Waals surface area (Å²) in [5, 5.41) is 12.2. The van der Waals surface area contributed by atoms with Gasteiger partial charge in [-0.05, 0) is 43.6 Å². The molecule has 0 saturated carbocycles. The van der Waals surface area contributed by atoms with Crippen LogP contribution in [0.25, 0.3) is 0 Å². The zero-order valence-corrected chi connectivity index (χ0v) is 14.3. The van der Waals surface area contributed by atoms with Crippen LogP contribution in [0.1, 0.15) is 46.1 Å². The summed E-state index contributed by atoms with van der Waals surface area (Å²) >= 11 is 1.34. The number of carbonyl (C=O) groups is 1.